The Hall–Kier alpha value is -1.26. The number of benzene rings is 1. The van der Waals surface area contributed by atoms with E-state index in [2.05, 4.69) is 0 Å². The van der Waals surface area contributed by atoms with E-state index in [1.807, 2.05) is 25.1 Å². The predicted molar refractivity (Wildman–Crippen MR) is 74.6 cm³/mol. The molecule has 2 rings (SSSR count). The molecule has 1 atom stereocenters. The fourth-order valence-electron chi connectivity index (χ4n) is 2.21. The quantitative estimate of drug-likeness (QED) is 0.889. The number of hydrogen-bond donors (Lipinski definition) is 1. The van der Waals surface area contributed by atoms with Crippen LogP contribution < -0.4 is 15.2 Å². The van der Waals surface area contributed by atoms with Crippen LogP contribution >= 0.6 is 0 Å². The summed E-state index contributed by atoms with van der Waals surface area (Å²) in [6, 6.07) is 5.88. The zero-order valence-electron chi connectivity index (χ0n) is 11.7. The van der Waals surface area contributed by atoms with Gasteiger partial charge < -0.3 is 19.9 Å². The summed E-state index contributed by atoms with van der Waals surface area (Å²) >= 11 is 0. The van der Waals surface area contributed by atoms with Gasteiger partial charge in [-0.1, -0.05) is 6.07 Å². The largest absolute Gasteiger partial charge is 0.493 e. The molecule has 0 aromatic heterocycles. The summed E-state index contributed by atoms with van der Waals surface area (Å²) in [5.74, 6) is 2.12. The van der Waals surface area contributed by atoms with E-state index in [9.17, 15) is 0 Å². The molecule has 1 aromatic carbocycles. The van der Waals surface area contributed by atoms with Gasteiger partial charge in [-0.05, 0) is 43.4 Å². The first kappa shape index (κ1) is 14.2. The third-order valence-electron chi connectivity index (χ3n) is 3.53. The molecule has 1 aromatic rings. The molecular formula is C15H23NO3. The lowest BCUT2D eigenvalue weighted by Gasteiger charge is -2.22. The lowest BCUT2D eigenvalue weighted by molar-refractivity contribution is 0.0493. The topological polar surface area (TPSA) is 53.7 Å². The highest BCUT2D eigenvalue weighted by Gasteiger charge is 2.16. The maximum atomic E-state index is 5.88. The molecule has 1 aliphatic rings. The molecule has 4 nitrogen and oxygen atoms in total. The van der Waals surface area contributed by atoms with Crippen LogP contribution in [0.15, 0.2) is 18.2 Å². The van der Waals surface area contributed by atoms with Gasteiger partial charge in [-0.25, -0.2) is 0 Å². The lowest BCUT2D eigenvalue weighted by Crippen LogP contribution is -2.21. The summed E-state index contributed by atoms with van der Waals surface area (Å²) in [6.45, 7) is 4.36. The Morgan fingerprint density at radius 3 is 2.68 bits per heavy atom. The normalized spacial score (nSPS) is 18.1. The van der Waals surface area contributed by atoms with Gasteiger partial charge in [0.05, 0.1) is 13.7 Å². The molecule has 106 valence electrons. The zero-order chi connectivity index (χ0) is 13.7. The van der Waals surface area contributed by atoms with Crippen molar-refractivity contribution >= 4 is 0 Å². The van der Waals surface area contributed by atoms with Crippen LogP contribution in [0.5, 0.6) is 11.5 Å². The van der Waals surface area contributed by atoms with Crippen molar-refractivity contribution in [1.82, 2.24) is 0 Å². The highest BCUT2D eigenvalue weighted by Crippen LogP contribution is 2.30. The van der Waals surface area contributed by atoms with Gasteiger partial charge in [-0.15, -0.1) is 0 Å². The first-order valence-electron chi connectivity index (χ1n) is 6.84. The highest BCUT2D eigenvalue weighted by molar-refractivity contribution is 5.43. The van der Waals surface area contributed by atoms with Crippen molar-refractivity contribution in [3.8, 4) is 11.5 Å². The number of hydrogen-bond acceptors (Lipinski definition) is 4. The summed E-state index contributed by atoms with van der Waals surface area (Å²) in [5, 5.41) is 0. The number of ether oxygens (including phenoxy) is 3. The number of nitrogens with two attached hydrogens (primary N) is 1. The third-order valence-corrected chi connectivity index (χ3v) is 3.53. The van der Waals surface area contributed by atoms with Crippen LogP contribution in [0.3, 0.4) is 0 Å². The van der Waals surface area contributed by atoms with Crippen molar-refractivity contribution in [2.45, 2.75) is 25.8 Å². The smallest absolute Gasteiger partial charge is 0.161 e. The fourth-order valence-corrected chi connectivity index (χ4v) is 2.21. The number of rotatable bonds is 5. The van der Waals surface area contributed by atoms with Gasteiger partial charge in [-0.3, -0.25) is 0 Å². The Labute approximate surface area is 114 Å². The van der Waals surface area contributed by atoms with Crippen molar-refractivity contribution in [2.75, 3.05) is 26.9 Å². The first-order chi connectivity index (χ1) is 9.20. The van der Waals surface area contributed by atoms with Crippen molar-refractivity contribution < 1.29 is 14.2 Å². The summed E-state index contributed by atoms with van der Waals surface area (Å²) in [7, 11) is 1.65. The fraction of sp³-hybridized carbons (Fsp3) is 0.600. The van der Waals surface area contributed by atoms with Gasteiger partial charge in [0.25, 0.3) is 0 Å². The second kappa shape index (κ2) is 6.78. The van der Waals surface area contributed by atoms with Crippen LogP contribution in [0.25, 0.3) is 0 Å². The summed E-state index contributed by atoms with van der Waals surface area (Å²) < 4.78 is 16.6. The standard InChI is InChI=1S/C15H23NO3/c1-11(16)13-3-4-14(15(9-13)17-2)19-10-12-5-7-18-8-6-12/h3-4,9,11-12H,5-8,10,16H2,1-2H3. The van der Waals surface area contributed by atoms with Crippen molar-refractivity contribution in [2.24, 2.45) is 11.7 Å². The Kier molecular flexibility index (Phi) is 5.05. The highest BCUT2D eigenvalue weighted by atomic mass is 16.5. The van der Waals surface area contributed by atoms with E-state index in [0.29, 0.717) is 5.92 Å². The van der Waals surface area contributed by atoms with Crippen LogP contribution in [0.4, 0.5) is 0 Å². The van der Waals surface area contributed by atoms with E-state index in [4.69, 9.17) is 19.9 Å². The molecule has 19 heavy (non-hydrogen) atoms. The monoisotopic (exact) mass is 265 g/mol. The van der Waals surface area contributed by atoms with E-state index in [1.54, 1.807) is 7.11 Å². The second-order valence-electron chi connectivity index (χ2n) is 5.07. The van der Waals surface area contributed by atoms with Crippen molar-refractivity contribution in [1.29, 1.82) is 0 Å². The second-order valence-corrected chi connectivity index (χ2v) is 5.07. The molecule has 1 aliphatic heterocycles. The van der Waals surface area contributed by atoms with Gasteiger partial charge in [0.2, 0.25) is 0 Å². The van der Waals surface area contributed by atoms with E-state index in [1.165, 1.54) is 0 Å². The molecule has 1 fully saturated rings. The lowest BCUT2D eigenvalue weighted by atomic mass is 10.0. The molecule has 1 saturated heterocycles. The molecule has 4 heteroatoms. The van der Waals surface area contributed by atoms with Crippen LogP contribution in [0.2, 0.25) is 0 Å². The van der Waals surface area contributed by atoms with E-state index in [-0.39, 0.29) is 6.04 Å². The van der Waals surface area contributed by atoms with Crippen LogP contribution in [-0.4, -0.2) is 26.9 Å². The molecule has 0 spiro atoms. The Balaban J connectivity index is 1.98. The summed E-state index contributed by atoms with van der Waals surface area (Å²) in [6.07, 6.45) is 2.14. The molecule has 0 bridgehead atoms. The SMILES string of the molecule is COc1cc(C(C)N)ccc1OCC1CCOCC1. The molecule has 1 heterocycles. The van der Waals surface area contributed by atoms with E-state index < -0.39 is 0 Å². The minimum atomic E-state index is -0.00144. The van der Waals surface area contributed by atoms with Crippen LogP contribution in [-0.2, 0) is 4.74 Å². The molecule has 2 N–H and O–H groups in total. The molecular weight excluding hydrogens is 242 g/mol. The number of methoxy groups -OCH3 is 1. The average molecular weight is 265 g/mol. The Bertz CT molecular complexity index is 400. The minimum absolute atomic E-state index is 0.00144. The van der Waals surface area contributed by atoms with Gasteiger partial charge >= 0.3 is 0 Å². The first-order valence-corrected chi connectivity index (χ1v) is 6.84. The van der Waals surface area contributed by atoms with Gasteiger partial charge in [0.15, 0.2) is 11.5 Å². The van der Waals surface area contributed by atoms with E-state index >= 15 is 0 Å². The van der Waals surface area contributed by atoms with Crippen molar-refractivity contribution in [3.63, 3.8) is 0 Å². The minimum Gasteiger partial charge on any atom is -0.493 e. The van der Waals surface area contributed by atoms with Crippen molar-refractivity contribution in [3.05, 3.63) is 23.8 Å². The van der Waals surface area contributed by atoms with Gasteiger partial charge in [-0.2, -0.15) is 0 Å². The summed E-state index contributed by atoms with van der Waals surface area (Å²) in [5.41, 5.74) is 6.92. The molecule has 0 radical (unpaired) electrons. The van der Waals surface area contributed by atoms with Gasteiger partial charge in [0.1, 0.15) is 0 Å². The third kappa shape index (κ3) is 3.85. The predicted octanol–water partition coefficient (Wildman–Crippen LogP) is 2.52. The molecule has 0 aliphatic carbocycles. The molecule has 0 saturated carbocycles. The Morgan fingerprint density at radius 1 is 1.32 bits per heavy atom. The maximum absolute atomic E-state index is 5.88. The molecule has 1 unspecified atom stereocenters. The van der Waals surface area contributed by atoms with E-state index in [0.717, 1.165) is 49.7 Å². The average Bonchev–Trinajstić information content (AvgIpc) is 2.45. The summed E-state index contributed by atoms with van der Waals surface area (Å²) in [4.78, 5) is 0. The Morgan fingerprint density at radius 2 is 2.05 bits per heavy atom. The van der Waals surface area contributed by atoms with Crippen LogP contribution in [0.1, 0.15) is 31.4 Å². The zero-order valence-corrected chi connectivity index (χ0v) is 11.7. The molecule has 0 amide bonds. The van der Waals surface area contributed by atoms with Crippen LogP contribution in [0, 0.1) is 5.92 Å². The maximum Gasteiger partial charge on any atom is 0.161 e. The van der Waals surface area contributed by atoms with Gasteiger partial charge in [0, 0.05) is 19.3 Å².